The number of nitrogens with one attached hydrogen (secondary N) is 1. The number of nitriles is 2. The van der Waals surface area contributed by atoms with Crippen LogP contribution >= 0.6 is 34.7 Å². The molecule has 50 heavy (non-hydrogen) atoms. The third-order valence-corrected chi connectivity index (χ3v) is 9.57. The zero-order valence-electron chi connectivity index (χ0n) is 26.9. The van der Waals surface area contributed by atoms with E-state index in [0.717, 1.165) is 22.7 Å². The van der Waals surface area contributed by atoms with Crippen LogP contribution in [-0.4, -0.2) is 70.8 Å². The number of hydrogen-bond donors (Lipinski definition) is 6. The van der Waals surface area contributed by atoms with Gasteiger partial charge < -0.3 is 42.2 Å². The lowest BCUT2D eigenvalue weighted by Gasteiger charge is -2.24. The molecule has 0 spiro atoms. The summed E-state index contributed by atoms with van der Waals surface area (Å²) >= 11 is 8.80. The van der Waals surface area contributed by atoms with Crippen molar-refractivity contribution in [1.82, 2.24) is 15.3 Å². The van der Waals surface area contributed by atoms with E-state index in [9.17, 15) is 25.5 Å². The second-order valence-electron chi connectivity index (χ2n) is 10.9. The van der Waals surface area contributed by atoms with Crippen molar-refractivity contribution in [3.63, 3.8) is 0 Å². The van der Waals surface area contributed by atoms with Crippen molar-refractivity contribution in [2.24, 2.45) is 11.5 Å². The van der Waals surface area contributed by atoms with E-state index in [2.05, 4.69) is 22.4 Å². The van der Waals surface area contributed by atoms with Gasteiger partial charge in [0.05, 0.1) is 30.5 Å². The van der Waals surface area contributed by atoms with Crippen LogP contribution in [0.15, 0.2) is 58.9 Å². The second-order valence-corrected chi connectivity index (χ2v) is 13.2. The van der Waals surface area contributed by atoms with Gasteiger partial charge in [-0.1, -0.05) is 54.0 Å². The minimum absolute atomic E-state index is 0.00566. The number of pyridine rings is 1. The van der Waals surface area contributed by atoms with Gasteiger partial charge in [-0.3, -0.25) is 4.79 Å². The van der Waals surface area contributed by atoms with E-state index in [4.69, 9.17) is 43.3 Å². The number of anilines is 1. The van der Waals surface area contributed by atoms with Gasteiger partial charge in [-0.05, 0) is 49.2 Å². The van der Waals surface area contributed by atoms with Crippen molar-refractivity contribution in [1.29, 1.82) is 10.5 Å². The largest absolute Gasteiger partial charge is 0.491 e. The minimum Gasteiger partial charge on any atom is -0.491 e. The Bertz CT molecular complexity index is 1810. The molecule has 2 aromatic carbocycles. The number of halogens is 1. The Hall–Kier alpha value is -4.29. The number of nitrogen functional groups attached to an aromatic ring is 1. The molecule has 0 fully saturated rings. The number of thioether (sulfide) groups is 1. The van der Waals surface area contributed by atoms with Crippen molar-refractivity contribution in [3.8, 4) is 39.6 Å². The van der Waals surface area contributed by atoms with E-state index >= 15 is 0 Å². The molecule has 2 heterocycles. The lowest BCUT2D eigenvalue weighted by Crippen LogP contribution is -2.52. The molecule has 0 aliphatic carbocycles. The molecule has 1 unspecified atom stereocenters. The maximum Gasteiger partial charge on any atom is 0.237 e. The van der Waals surface area contributed by atoms with Gasteiger partial charge in [-0.15, -0.1) is 11.3 Å². The highest BCUT2D eigenvalue weighted by Crippen LogP contribution is 2.37. The summed E-state index contributed by atoms with van der Waals surface area (Å²) in [7, 11) is 0. The summed E-state index contributed by atoms with van der Waals surface area (Å²) in [5.41, 5.74) is 20.5. The van der Waals surface area contributed by atoms with Crippen LogP contribution in [-0.2, 0) is 15.3 Å². The Morgan fingerprint density at radius 2 is 1.74 bits per heavy atom. The molecular formula is C34H37ClN8O5S2. The van der Waals surface area contributed by atoms with Crippen LogP contribution in [0.1, 0.15) is 36.1 Å². The van der Waals surface area contributed by atoms with Gasteiger partial charge in [-0.2, -0.15) is 10.5 Å². The fourth-order valence-electron chi connectivity index (χ4n) is 4.73. The highest BCUT2D eigenvalue weighted by molar-refractivity contribution is 7.98. The Balaban J connectivity index is 1.37. The highest BCUT2D eigenvalue weighted by Gasteiger charge is 2.24. The Morgan fingerprint density at radius 3 is 2.40 bits per heavy atom. The maximum absolute atomic E-state index is 12.3. The number of aliphatic hydroxyl groups is 2. The van der Waals surface area contributed by atoms with Crippen LogP contribution in [0.3, 0.4) is 0 Å². The van der Waals surface area contributed by atoms with Gasteiger partial charge in [0.2, 0.25) is 5.91 Å². The van der Waals surface area contributed by atoms with Crippen molar-refractivity contribution in [2.75, 3.05) is 32.1 Å². The van der Waals surface area contributed by atoms with E-state index in [-0.39, 0.29) is 30.2 Å². The number of carbonyl (C=O) groups excluding carboxylic acids is 1. The van der Waals surface area contributed by atoms with Crippen LogP contribution in [0, 0.1) is 22.7 Å². The molecule has 4 rings (SSSR count). The number of rotatable bonds is 18. The minimum atomic E-state index is -1.50. The van der Waals surface area contributed by atoms with Crippen molar-refractivity contribution in [2.45, 2.75) is 48.4 Å². The number of nitrogens with two attached hydrogens (primary N) is 3. The summed E-state index contributed by atoms with van der Waals surface area (Å²) in [5, 5.41) is 46.3. The van der Waals surface area contributed by atoms with Gasteiger partial charge in [0, 0.05) is 27.3 Å². The standard InChI is InChI=1S/C34H37ClN8O5S2/c35-22-8-4-21(5-9-22)32-41-23(18-49-32)19-50-33-26(16-38)29(25(15-37)30(40)43-33)20-6-10-24(11-7-20)47-13-14-48-34(46)28(17-44)42-31(45)27(39)3-1-2-12-36/h4-11,18,27-28,34,44,46H,1-3,12-14,17,19,36,39H2,(H2,40,43)(H,42,45)/t27-,28-,34?/m0/s1. The topological polar surface area (TPSA) is 239 Å². The first-order valence-corrected chi connectivity index (χ1v) is 17.8. The van der Waals surface area contributed by atoms with Crippen LogP contribution in [0.25, 0.3) is 21.7 Å². The summed E-state index contributed by atoms with van der Waals surface area (Å²) in [5.74, 6) is 0.375. The fraction of sp³-hybridized carbons (Fsp3) is 0.324. The molecule has 1 amide bonds. The molecule has 4 aromatic rings. The number of nitrogens with zero attached hydrogens (tertiary/aromatic N) is 4. The van der Waals surface area contributed by atoms with E-state index in [1.807, 2.05) is 17.5 Å². The summed E-state index contributed by atoms with van der Waals surface area (Å²) in [6.45, 7) is -0.0835. The zero-order valence-corrected chi connectivity index (χ0v) is 29.3. The third-order valence-electron chi connectivity index (χ3n) is 7.37. The Morgan fingerprint density at radius 1 is 1.04 bits per heavy atom. The second kappa shape index (κ2) is 19.2. The quantitative estimate of drug-likeness (QED) is 0.0485. The van der Waals surface area contributed by atoms with Gasteiger partial charge >= 0.3 is 0 Å². The molecule has 0 aliphatic heterocycles. The molecule has 262 valence electrons. The van der Waals surface area contributed by atoms with E-state index < -0.39 is 30.9 Å². The normalized spacial score (nSPS) is 12.8. The maximum atomic E-state index is 12.3. The highest BCUT2D eigenvalue weighted by atomic mass is 35.5. The summed E-state index contributed by atoms with van der Waals surface area (Å²) in [4.78, 5) is 21.4. The monoisotopic (exact) mass is 736 g/mol. The molecule has 9 N–H and O–H groups in total. The van der Waals surface area contributed by atoms with E-state index in [1.165, 1.54) is 23.1 Å². The smallest absolute Gasteiger partial charge is 0.237 e. The molecule has 0 aliphatic rings. The first-order chi connectivity index (χ1) is 24.2. The van der Waals surface area contributed by atoms with Crippen molar-refractivity contribution < 1.29 is 24.5 Å². The Labute approximate surface area is 303 Å². The number of benzene rings is 2. The van der Waals surface area contributed by atoms with Gasteiger partial charge in [0.1, 0.15) is 52.0 Å². The van der Waals surface area contributed by atoms with Crippen molar-refractivity contribution in [3.05, 3.63) is 75.8 Å². The molecule has 2 aromatic heterocycles. The number of unbranched alkanes of at least 4 members (excludes halogenated alkanes) is 1. The van der Waals surface area contributed by atoms with Gasteiger partial charge in [0.15, 0.2) is 6.29 Å². The number of ether oxygens (including phenoxy) is 2. The molecule has 16 heteroatoms. The SMILES string of the molecule is N#Cc1c(N)nc(SCc2csc(-c3ccc(Cl)cc3)n2)c(C#N)c1-c1ccc(OCCOC(O)[C@H](CO)NC(=O)[C@@H](N)CCCCN)cc1. The first kappa shape index (κ1) is 38.5. The lowest BCUT2D eigenvalue weighted by atomic mass is 9.97. The predicted molar refractivity (Wildman–Crippen MR) is 193 cm³/mol. The molecule has 0 radical (unpaired) electrons. The molecular weight excluding hydrogens is 700 g/mol. The number of hydrogen-bond acceptors (Lipinski definition) is 14. The van der Waals surface area contributed by atoms with Gasteiger partial charge in [-0.25, -0.2) is 9.97 Å². The summed E-state index contributed by atoms with van der Waals surface area (Å²) in [6.07, 6.45) is 0.353. The molecule has 0 saturated heterocycles. The molecule has 0 saturated carbocycles. The van der Waals surface area contributed by atoms with Crippen molar-refractivity contribution >= 4 is 46.4 Å². The number of amides is 1. The van der Waals surface area contributed by atoms with E-state index in [0.29, 0.717) is 52.1 Å². The summed E-state index contributed by atoms with van der Waals surface area (Å²) in [6, 6.07) is 16.5. The number of thiazole rings is 1. The average Bonchev–Trinajstić information content (AvgIpc) is 3.60. The van der Waals surface area contributed by atoms with Crippen LogP contribution in [0.5, 0.6) is 5.75 Å². The molecule has 3 atom stereocenters. The summed E-state index contributed by atoms with van der Waals surface area (Å²) < 4.78 is 11.1. The number of aliphatic hydroxyl groups excluding tert-OH is 2. The van der Waals surface area contributed by atoms with Crippen LogP contribution < -0.4 is 27.3 Å². The number of aromatic nitrogens is 2. The van der Waals surface area contributed by atoms with E-state index in [1.54, 1.807) is 36.4 Å². The average molecular weight is 737 g/mol. The number of carbonyl (C=O) groups is 1. The zero-order chi connectivity index (χ0) is 36.0. The molecule has 0 bridgehead atoms. The fourth-order valence-corrected chi connectivity index (χ4v) is 6.68. The predicted octanol–water partition coefficient (Wildman–Crippen LogP) is 3.79. The molecule has 13 nitrogen and oxygen atoms in total. The van der Waals surface area contributed by atoms with Crippen LogP contribution in [0.2, 0.25) is 5.02 Å². The first-order valence-electron chi connectivity index (χ1n) is 15.6. The third kappa shape index (κ3) is 10.4. The van der Waals surface area contributed by atoms with Gasteiger partial charge in [0.25, 0.3) is 0 Å². The van der Waals surface area contributed by atoms with Crippen LogP contribution in [0.4, 0.5) is 5.82 Å². The lowest BCUT2D eigenvalue weighted by molar-refractivity contribution is -0.143. The Kier molecular flexibility index (Phi) is 14.8.